The zero-order chi connectivity index (χ0) is 17.2. The number of nitrogen functional groups attached to an aromatic ring is 1. The Kier molecular flexibility index (Phi) is 4.30. The van der Waals surface area contributed by atoms with Gasteiger partial charge in [-0.3, -0.25) is 4.79 Å². The number of carbonyl (C=O) groups excluding carboxylic acids is 1. The Hall–Kier alpha value is -2.75. The molecule has 0 unspecified atom stereocenters. The molecule has 0 radical (unpaired) electrons. The number of carbonyl (C=O) groups is 1. The van der Waals surface area contributed by atoms with Gasteiger partial charge in [0, 0.05) is 29.3 Å². The minimum atomic E-state index is -0.589. The van der Waals surface area contributed by atoms with Gasteiger partial charge in [-0.05, 0) is 49.6 Å². The molecule has 0 saturated heterocycles. The standard InChI is InChI=1S/C20H23N3O/c1-20(2,15-7-9-16(21)10-8-15)19(24)22-12-11-14-13-23-18-6-4-3-5-17(14)18/h3-10,13,23H,11-12,21H2,1-2H3,(H,22,24). The number of benzene rings is 2. The molecule has 4 heteroatoms. The van der Waals surface area contributed by atoms with Gasteiger partial charge in [-0.25, -0.2) is 0 Å². The van der Waals surface area contributed by atoms with Crippen molar-refractivity contribution in [1.29, 1.82) is 0 Å². The lowest BCUT2D eigenvalue weighted by molar-refractivity contribution is -0.125. The summed E-state index contributed by atoms with van der Waals surface area (Å²) in [5.41, 5.74) is 9.14. The van der Waals surface area contributed by atoms with Crippen LogP contribution in [0.5, 0.6) is 0 Å². The first kappa shape index (κ1) is 16.1. The van der Waals surface area contributed by atoms with Crippen molar-refractivity contribution in [3.63, 3.8) is 0 Å². The van der Waals surface area contributed by atoms with Crippen LogP contribution in [0.3, 0.4) is 0 Å². The molecule has 124 valence electrons. The van der Waals surface area contributed by atoms with Crippen LogP contribution < -0.4 is 11.1 Å². The number of aromatic amines is 1. The zero-order valence-electron chi connectivity index (χ0n) is 14.1. The van der Waals surface area contributed by atoms with Gasteiger partial charge >= 0.3 is 0 Å². The highest BCUT2D eigenvalue weighted by Crippen LogP contribution is 2.24. The predicted octanol–water partition coefficient (Wildman–Crippen LogP) is 3.39. The van der Waals surface area contributed by atoms with Crippen LogP contribution in [-0.4, -0.2) is 17.4 Å². The number of hydrogen-bond acceptors (Lipinski definition) is 2. The maximum Gasteiger partial charge on any atom is 0.230 e. The molecule has 1 heterocycles. The smallest absolute Gasteiger partial charge is 0.230 e. The SMILES string of the molecule is CC(C)(C(=O)NCCc1c[nH]c2ccccc12)c1ccc(N)cc1. The second kappa shape index (κ2) is 6.40. The van der Waals surface area contributed by atoms with Crippen LogP contribution >= 0.6 is 0 Å². The van der Waals surface area contributed by atoms with Crippen LogP contribution in [0.1, 0.15) is 25.0 Å². The second-order valence-electron chi connectivity index (χ2n) is 6.61. The van der Waals surface area contributed by atoms with E-state index in [9.17, 15) is 4.79 Å². The summed E-state index contributed by atoms with van der Waals surface area (Å²) in [4.78, 5) is 15.9. The van der Waals surface area contributed by atoms with E-state index in [0.29, 0.717) is 12.2 Å². The lowest BCUT2D eigenvalue weighted by Gasteiger charge is -2.24. The van der Waals surface area contributed by atoms with Gasteiger partial charge in [-0.15, -0.1) is 0 Å². The lowest BCUT2D eigenvalue weighted by atomic mass is 9.83. The van der Waals surface area contributed by atoms with Crippen LogP contribution in [0.4, 0.5) is 5.69 Å². The first-order chi connectivity index (χ1) is 11.5. The molecule has 2 aromatic carbocycles. The van der Waals surface area contributed by atoms with E-state index in [4.69, 9.17) is 5.73 Å². The number of nitrogens with one attached hydrogen (secondary N) is 2. The van der Waals surface area contributed by atoms with E-state index in [1.165, 1.54) is 10.9 Å². The topological polar surface area (TPSA) is 70.9 Å². The Morgan fingerprint density at radius 3 is 2.58 bits per heavy atom. The first-order valence-electron chi connectivity index (χ1n) is 8.18. The molecule has 3 rings (SSSR count). The Morgan fingerprint density at radius 1 is 1.12 bits per heavy atom. The second-order valence-corrected chi connectivity index (χ2v) is 6.61. The van der Waals surface area contributed by atoms with Crippen molar-refractivity contribution in [2.45, 2.75) is 25.7 Å². The van der Waals surface area contributed by atoms with Crippen molar-refractivity contribution in [1.82, 2.24) is 10.3 Å². The third-order valence-corrected chi connectivity index (χ3v) is 4.55. The summed E-state index contributed by atoms with van der Waals surface area (Å²) in [5.74, 6) is 0.0205. The molecule has 0 saturated carbocycles. The summed E-state index contributed by atoms with van der Waals surface area (Å²) < 4.78 is 0. The van der Waals surface area contributed by atoms with E-state index >= 15 is 0 Å². The van der Waals surface area contributed by atoms with Crippen molar-refractivity contribution >= 4 is 22.5 Å². The predicted molar refractivity (Wildman–Crippen MR) is 98.9 cm³/mol. The average molecular weight is 321 g/mol. The van der Waals surface area contributed by atoms with Gasteiger partial charge in [-0.2, -0.15) is 0 Å². The van der Waals surface area contributed by atoms with E-state index in [-0.39, 0.29) is 5.91 Å². The molecule has 0 aliphatic carbocycles. The van der Waals surface area contributed by atoms with E-state index in [0.717, 1.165) is 17.5 Å². The molecule has 0 spiro atoms. The number of para-hydroxylation sites is 1. The number of fused-ring (bicyclic) bond motifs is 1. The van der Waals surface area contributed by atoms with Gasteiger partial charge in [0.1, 0.15) is 0 Å². The quantitative estimate of drug-likeness (QED) is 0.630. The Balaban J connectivity index is 1.63. The summed E-state index contributed by atoms with van der Waals surface area (Å²) >= 11 is 0. The number of hydrogen-bond donors (Lipinski definition) is 3. The van der Waals surface area contributed by atoms with E-state index in [1.54, 1.807) is 0 Å². The van der Waals surface area contributed by atoms with Gasteiger partial charge in [0.15, 0.2) is 0 Å². The molecule has 24 heavy (non-hydrogen) atoms. The minimum Gasteiger partial charge on any atom is -0.399 e. The Bertz CT molecular complexity index is 847. The highest BCUT2D eigenvalue weighted by atomic mass is 16.2. The van der Waals surface area contributed by atoms with Crippen molar-refractivity contribution in [3.05, 3.63) is 65.9 Å². The number of aromatic nitrogens is 1. The fourth-order valence-corrected chi connectivity index (χ4v) is 2.90. The third-order valence-electron chi connectivity index (χ3n) is 4.55. The third kappa shape index (κ3) is 3.13. The summed E-state index contributed by atoms with van der Waals surface area (Å²) in [6.45, 7) is 4.47. The van der Waals surface area contributed by atoms with Gasteiger partial charge in [0.05, 0.1) is 5.41 Å². The monoisotopic (exact) mass is 321 g/mol. The first-order valence-corrected chi connectivity index (χ1v) is 8.18. The maximum atomic E-state index is 12.6. The summed E-state index contributed by atoms with van der Waals surface area (Å²) in [7, 11) is 0. The summed E-state index contributed by atoms with van der Waals surface area (Å²) in [6.07, 6.45) is 2.81. The van der Waals surface area contributed by atoms with Crippen LogP contribution in [0, 0.1) is 0 Å². The molecular formula is C20H23N3O. The van der Waals surface area contributed by atoms with Crippen molar-refractivity contribution < 1.29 is 4.79 Å². The number of H-pyrrole nitrogens is 1. The molecule has 4 nitrogen and oxygen atoms in total. The molecular weight excluding hydrogens is 298 g/mol. The highest BCUT2D eigenvalue weighted by molar-refractivity contribution is 5.87. The molecule has 1 amide bonds. The maximum absolute atomic E-state index is 12.6. The highest BCUT2D eigenvalue weighted by Gasteiger charge is 2.29. The van der Waals surface area contributed by atoms with Crippen LogP contribution in [0.15, 0.2) is 54.7 Å². The number of nitrogens with two attached hydrogens (primary N) is 1. The molecule has 0 fully saturated rings. The fourth-order valence-electron chi connectivity index (χ4n) is 2.90. The molecule has 0 aliphatic heterocycles. The van der Waals surface area contributed by atoms with Gasteiger partial charge in [0.25, 0.3) is 0 Å². The molecule has 1 aromatic heterocycles. The average Bonchev–Trinajstić information content (AvgIpc) is 2.98. The fraction of sp³-hybridized carbons (Fsp3) is 0.250. The van der Waals surface area contributed by atoms with Gasteiger partial charge in [0.2, 0.25) is 5.91 Å². The molecule has 0 atom stereocenters. The number of rotatable bonds is 5. The molecule has 0 aliphatic rings. The zero-order valence-corrected chi connectivity index (χ0v) is 14.1. The van der Waals surface area contributed by atoms with E-state index in [2.05, 4.69) is 22.4 Å². The van der Waals surface area contributed by atoms with E-state index < -0.39 is 5.41 Å². The molecule has 0 bridgehead atoms. The van der Waals surface area contributed by atoms with Crippen LogP contribution in [0.2, 0.25) is 0 Å². The Labute approximate surface area is 142 Å². The Morgan fingerprint density at radius 2 is 1.83 bits per heavy atom. The minimum absolute atomic E-state index is 0.0205. The normalized spacial score (nSPS) is 11.6. The number of anilines is 1. The number of amides is 1. The van der Waals surface area contributed by atoms with Crippen molar-refractivity contribution in [2.24, 2.45) is 0 Å². The van der Waals surface area contributed by atoms with E-state index in [1.807, 2.05) is 56.4 Å². The molecule has 4 N–H and O–H groups in total. The summed E-state index contributed by atoms with van der Waals surface area (Å²) in [6, 6.07) is 15.7. The molecule has 3 aromatic rings. The van der Waals surface area contributed by atoms with Crippen LogP contribution in [-0.2, 0) is 16.6 Å². The van der Waals surface area contributed by atoms with Gasteiger partial charge < -0.3 is 16.0 Å². The lowest BCUT2D eigenvalue weighted by Crippen LogP contribution is -2.40. The van der Waals surface area contributed by atoms with Gasteiger partial charge in [-0.1, -0.05) is 30.3 Å². The van der Waals surface area contributed by atoms with Crippen molar-refractivity contribution in [3.8, 4) is 0 Å². The summed E-state index contributed by atoms with van der Waals surface area (Å²) in [5, 5.41) is 4.27. The van der Waals surface area contributed by atoms with Crippen molar-refractivity contribution in [2.75, 3.05) is 12.3 Å². The van der Waals surface area contributed by atoms with Crippen LogP contribution in [0.25, 0.3) is 10.9 Å². The largest absolute Gasteiger partial charge is 0.399 e.